The smallest absolute Gasteiger partial charge is 0.408 e. The Bertz CT molecular complexity index is 1090. The minimum absolute atomic E-state index is 0.0294. The van der Waals surface area contributed by atoms with Crippen LogP contribution in [0.3, 0.4) is 0 Å². The number of nitrogens with two attached hydrogens (primary N) is 1. The van der Waals surface area contributed by atoms with Gasteiger partial charge in [0, 0.05) is 19.5 Å². The highest BCUT2D eigenvalue weighted by molar-refractivity contribution is 5.93. The summed E-state index contributed by atoms with van der Waals surface area (Å²) in [5.74, 6) is -1.39. The van der Waals surface area contributed by atoms with E-state index in [4.69, 9.17) is 15.2 Å². The van der Waals surface area contributed by atoms with E-state index in [2.05, 4.69) is 5.32 Å². The van der Waals surface area contributed by atoms with Gasteiger partial charge in [0.25, 0.3) is 0 Å². The molecule has 1 aliphatic heterocycles. The van der Waals surface area contributed by atoms with Crippen LogP contribution in [0, 0.1) is 0 Å². The van der Waals surface area contributed by atoms with Crippen molar-refractivity contribution in [1.82, 2.24) is 15.1 Å². The molecule has 2 atom stereocenters. The molecule has 11 nitrogen and oxygen atoms in total. The van der Waals surface area contributed by atoms with Gasteiger partial charge in [-0.3, -0.25) is 14.4 Å². The number of aliphatic carboxylic acids is 1. The first-order chi connectivity index (χ1) is 18.3. The number of carboxylic acid groups (broad SMARTS) is 1. The van der Waals surface area contributed by atoms with E-state index in [0.29, 0.717) is 18.7 Å². The van der Waals surface area contributed by atoms with E-state index in [1.807, 2.05) is 30.3 Å². The van der Waals surface area contributed by atoms with Crippen LogP contribution in [-0.2, 0) is 32.1 Å². The number of hydrogen-bond donors (Lipinski definition) is 3. The van der Waals surface area contributed by atoms with Crippen LogP contribution in [-0.4, -0.2) is 84.2 Å². The van der Waals surface area contributed by atoms with Crippen LogP contribution in [0.4, 0.5) is 4.79 Å². The van der Waals surface area contributed by atoms with Crippen molar-refractivity contribution < 1.29 is 33.8 Å². The molecule has 3 rings (SSSR count). The lowest BCUT2D eigenvalue weighted by Gasteiger charge is -2.41. The zero-order chi connectivity index (χ0) is 27.5. The van der Waals surface area contributed by atoms with Crippen LogP contribution in [0.25, 0.3) is 0 Å². The molecule has 1 aliphatic rings. The summed E-state index contributed by atoms with van der Waals surface area (Å²) in [6, 6.07) is 14.3. The number of methoxy groups -OCH3 is 1. The highest BCUT2D eigenvalue weighted by Gasteiger charge is 2.40. The first-order valence-electron chi connectivity index (χ1n) is 12.4. The summed E-state index contributed by atoms with van der Waals surface area (Å²) in [6.07, 6.45) is 0.132. The summed E-state index contributed by atoms with van der Waals surface area (Å²) in [7, 11) is 1.55. The minimum Gasteiger partial charge on any atom is -0.497 e. The number of hydrogen-bond acceptors (Lipinski definition) is 7. The van der Waals surface area contributed by atoms with E-state index in [0.717, 1.165) is 11.1 Å². The maximum Gasteiger partial charge on any atom is 0.408 e. The van der Waals surface area contributed by atoms with Crippen LogP contribution in [0.15, 0.2) is 54.6 Å². The van der Waals surface area contributed by atoms with Gasteiger partial charge in [0.05, 0.1) is 7.11 Å². The average Bonchev–Trinajstić information content (AvgIpc) is 2.92. The third kappa shape index (κ3) is 7.94. The van der Waals surface area contributed by atoms with Crippen molar-refractivity contribution in [3.05, 3.63) is 65.7 Å². The summed E-state index contributed by atoms with van der Waals surface area (Å²) in [5.41, 5.74) is 7.21. The van der Waals surface area contributed by atoms with E-state index < -0.39 is 42.5 Å². The molecule has 0 unspecified atom stereocenters. The van der Waals surface area contributed by atoms with Gasteiger partial charge in [-0.25, -0.2) is 4.79 Å². The third-order valence-electron chi connectivity index (χ3n) is 6.28. The molecule has 2 aromatic rings. The fourth-order valence-corrected chi connectivity index (χ4v) is 4.32. The molecule has 3 amide bonds. The van der Waals surface area contributed by atoms with Crippen LogP contribution >= 0.6 is 0 Å². The Morgan fingerprint density at radius 3 is 2.42 bits per heavy atom. The lowest BCUT2D eigenvalue weighted by molar-refractivity contribution is -0.156. The van der Waals surface area contributed by atoms with Crippen molar-refractivity contribution in [3.63, 3.8) is 0 Å². The molecule has 2 aromatic carbocycles. The van der Waals surface area contributed by atoms with Crippen LogP contribution in [0.2, 0.25) is 0 Å². The van der Waals surface area contributed by atoms with Gasteiger partial charge in [-0.2, -0.15) is 0 Å². The Kier molecular flexibility index (Phi) is 10.5. The SMILES string of the molecule is COc1ccc(C[C@H](NC(=O)OCc2ccccc2)C(=O)N2CCN(CC(=O)O)C(=O)[C@@H]2CCCN)cc1. The van der Waals surface area contributed by atoms with Crippen LogP contribution in [0.5, 0.6) is 5.75 Å². The molecule has 1 saturated heterocycles. The second-order valence-corrected chi connectivity index (χ2v) is 8.94. The predicted octanol–water partition coefficient (Wildman–Crippen LogP) is 1.40. The van der Waals surface area contributed by atoms with E-state index in [9.17, 15) is 24.3 Å². The van der Waals surface area contributed by atoms with Crippen molar-refractivity contribution in [2.24, 2.45) is 5.73 Å². The van der Waals surface area contributed by atoms with Gasteiger partial charge in [-0.05, 0) is 42.6 Å². The maximum absolute atomic E-state index is 13.8. The first kappa shape index (κ1) is 28.5. The molecular formula is C27H34N4O7. The average molecular weight is 527 g/mol. The molecule has 1 fully saturated rings. The number of nitrogens with zero attached hydrogens (tertiary/aromatic N) is 2. The number of alkyl carbamates (subject to hydrolysis) is 1. The van der Waals surface area contributed by atoms with Crippen molar-refractivity contribution in [2.45, 2.75) is 38.0 Å². The molecule has 11 heteroatoms. The van der Waals surface area contributed by atoms with Crippen molar-refractivity contribution in [3.8, 4) is 5.75 Å². The number of carbonyl (C=O) groups is 4. The van der Waals surface area contributed by atoms with E-state index in [1.165, 1.54) is 9.80 Å². The molecule has 0 aliphatic carbocycles. The van der Waals surface area contributed by atoms with Gasteiger partial charge in [-0.1, -0.05) is 42.5 Å². The number of benzene rings is 2. The first-order valence-corrected chi connectivity index (χ1v) is 12.4. The fraction of sp³-hybridized carbons (Fsp3) is 0.407. The Morgan fingerprint density at radius 2 is 1.79 bits per heavy atom. The van der Waals surface area contributed by atoms with Crippen LogP contribution < -0.4 is 15.8 Å². The number of ether oxygens (including phenoxy) is 2. The summed E-state index contributed by atoms with van der Waals surface area (Å²) < 4.78 is 10.5. The lowest BCUT2D eigenvalue weighted by Crippen LogP contribution is -2.63. The highest BCUT2D eigenvalue weighted by Crippen LogP contribution is 2.20. The highest BCUT2D eigenvalue weighted by atomic mass is 16.5. The lowest BCUT2D eigenvalue weighted by atomic mass is 10.00. The van der Waals surface area contributed by atoms with Crippen LogP contribution in [0.1, 0.15) is 24.0 Å². The van der Waals surface area contributed by atoms with Gasteiger partial charge >= 0.3 is 12.1 Å². The number of amides is 3. The maximum atomic E-state index is 13.8. The summed E-state index contributed by atoms with van der Waals surface area (Å²) >= 11 is 0. The summed E-state index contributed by atoms with van der Waals surface area (Å²) in [6.45, 7) is 0.0989. The molecule has 0 radical (unpaired) electrons. The Balaban J connectivity index is 1.80. The Labute approximate surface area is 221 Å². The molecule has 0 bridgehead atoms. The van der Waals surface area contributed by atoms with Crippen molar-refractivity contribution in [1.29, 1.82) is 0 Å². The van der Waals surface area contributed by atoms with E-state index in [-0.39, 0.29) is 32.5 Å². The normalized spacial score (nSPS) is 16.1. The van der Waals surface area contributed by atoms with Crippen molar-refractivity contribution in [2.75, 3.05) is 33.3 Å². The molecule has 1 heterocycles. The van der Waals surface area contributed by atoms with Gasteiger partial charge < -0.3 is 35.4 Å². The number of carboxylic acids is 1. The second-order valence-electron chi connectivity index (χ2n) is 8.94. The van der Waals surface area contributed by atoms with Gasteiger partial charge in [-0.15, -0.1) is 0 Å². The summed E-state index contributed by atoms with van der Waals surface area (Å²) in [5, 5.41) is 11.8. The molecule has 4 N–H and O–H groups in total. The zero-order valence-corrected chi connectivity index (χ0v) is 21.4. The van der Waals surface area contributed by atoms with E-state index in [1.54, 1.807) is 31.4 Å². The Morgan fingerprint density at radius 1 is 1.08 bits per heavy atom. The third-order valence-corrected chi connectivity index (χ3v) is 6.28. The predicted molar refractivity (Wildman–Crippen MR) is 138 cm³/mol. The Hall–Kier alpha value is -4.12. The van der Waals surface area contributed by atoms with E-state index >= 15 is 0 Å². The molecule has 38 heavy (non-hydrogen) atoms. The van der Waals surface area contributed by atoms with Gasteiger partial charge in [0.2, 0.25) is 11.8 Å². The molecule has 0 aromatic heterocycles. The second kappa shape index (κ2) is 14.0. The molecular weight excluding hydrogens is 492 g/mol. The topological polar surface area (TPSA) is 152 Å². The number of piperazine rings is 1. The number of carbonyl (C=O) groups excluding carboxylic acids is 3. The fourth-order valence-electron chi connectivity index (χ4n) is 4.32. The number of rotatable bonds is 12. The minimum atomic E-state index is -1.13. The van der Waals surface area contributed by atoms with Gasteiger partial charge in [0.1, 0.15) is 31.0 Å². The number of nitrogens with one attached hydrogen (secondary N) is 1. The van der Waals surface area contributed by atoms with Crippen molar-refractivity contribution >= 4 is 23.9 Å². The van der Waals surface area contributed by atoms with Gasteiger partial charge in [0.15, 0.2) is 0 Å². The zero-order valence-electron chi connectivity index (χ0n) is 21.4. The monoisotopic (exact) mass is 526 g/mol. The quantitative estimate of drug-likeness (QED) is 0.375. The summed E-state index contributed by atoms with van der Waals surface area (Å²) in [4.78, 5) is 53.5. The standard InChI is InChI=1S/C27H34N4O7/c1-37-21-11-9-19(10-12-21)16-22(29-27(36)38-18-20-6-3-2-4-7-20)25(34)31-15-14-30(17-24(32)33)26(35)23(31)8-5-13-28/h2-4,6-7,9-12,22-23H,5,8,13-18,28H2,1H3,(H,29,36)(H,32,33)/t22-,23-/m0/s1. The molecule has 0 spiro atoms. The molecule has 204 valence electrons. The largest absolute Gasteiger partial charge is 0.497 e. The molecule has 0 saturated carbocycles.